The van der Waals surface area contributed by atoms with Gasteiger partial charge in [-0.25, -0.2) is 4.98 Å². The maximum Gasteiger partial charge on any atom is 0.234 e. The first-order valence-corrected chi connectivity index (χ1v) is 13.8. The molecular weight excluding hydrogens is 518 g/mol. The van der Waals surface area contributed by atoms with Gasteiger partial charge in [0.05, 0.1) is 17.1 Å². The fraction of sp³-hybridized carbons (Fsp3) is 0.0909. The van der Waals surface area contributed by atoms with Gasteiger partial charge in [-0.3, -0.25) is 14.4 Å². The second-order valence-corrected chi connectivity index (χ2v) is 10.8. The Morgan fingerprint density at radius 2 is 1.32 bits per heavy atom. The number of nitrogens with one attached hydrogen (secondary N) is 2. The van der Waals surface area contributed by atoms with E-state index >= 15 is 0 Å². The fourth-order valence-corrected chi connectivity index (χ4v) is 5.45. The van der Waals surface area contributed by atoms with E-state index in [1.54, 1.807) is 42.5 Å². The van der Waals surface area contributed by atoms with Crippen LogP contribution in [-0.4, -0.2) is 33.2 Å². The number of anilines is 1. The van der Waals surface area contributed by atoms with E-state index in [-0.39, 0.29) is 23.2 Å². The summed E-state index contributed by atoms with van der Waals surface area (Å²) in [5.74, 6) is -0.546. The molecule has 0 atom stereocenters. The van der Waals surface area contributed by atoms with Gasteiger partial charge in [0, 0.05) is 39.1 Å². The molecule has 196 valence electrons. The van der Waals surface area contributed by atoms with Crippen molar-refractivity contribution in [3.05, 3.63) is 124 Å². The van der Waals surface area contributed by atoms with Crippen molar-refractivity contribution in [1.82, 2.24) is 9.97 Å². The van der Waals surface area contributed by atoms with E-state index in [2.05, 4.69) is 46.7 Å². The topological polar surface area (TPSA) is 91.9 Å². The van der Waals surface area contributed by atoms with Gasteiger partial charge in [-0.2, -0.15) is 0 Å². The summed E-state index contributed by atoms with van der Waals surface area (Å²) in [6, 6.07) is 28.1. The Morgan fingerprint density at radius 3 is 1.98 bits per heavy atom. The highest BCUT2D eigenvalue weighted by molar-refractivity contribution is 7.99. The van der Waals surface area contributed by atoms with Gasteiger partial charge in [-0.1, -0.05) is 95.7 Å². The lowest BCUT2D eigenvalue weighted by atomic mass is 9.84. The highest BCUT2D eigenvalue weighted by Gasteiger charge is 2.29. The monoisotopic (exact) mass is 543 g/mol. The molecule has 40 heavy (non-hydrogen) atoms. The number of rotatable bonds is 6. The van der Waals surface area contributed by atoms with Gasteiger partial charge in [-0.15, -0.1) is 0 Å². The van der Waals surface area contributed by atoms with Crippen molar-refractivity contribution in [3.63, 3.8) is 0 Å². The van der Waals surface area contributed by atoms with Crippen LogP contribution in [-0.2, 0) is 4.79 Å². The summed E-state index contributed by atoms with van der Waals surface area (Å²) in [6.45, 7) is 4.09. The SMILES string of the molecule is Cc1ccc(-c2nc(SCC(=O)Nc3ccc4c(c3)C(=O)c3ccccc3C4=O)[nH]c2-c2ccc(C)cc2)cc1. The van der Waals surface area contributed by atoms with E-state index in [1.807, 2.05) is 26.0 Å². The third kappa shape index (κ3) is 4.87. The zero-order valence-electron chi connectivity index (χ0n) is 21.9. The maximum absolute atomic E-state index is 13.0. The van der Waals surface area contributed by atoms with Crippen molar-refractivity contribution < 1.29 is 14.4 Å². The summed E-state index contributed by atoms with van der Waals surface area (Å²) in [5, 5.41) is 3.48. The average Bonchev–Trinajstić information content (AvgIpc) is 3.40. The zero-order chi connectivity index (χ0) is 27.8. The van der Waals surface area contributed by atoms with Crippen molar-refractivity contribution in [3.8, 4) is 22.5 Å². The van der Waals surface area contributed by atoms with Crippen molar-refractivity contribution in [2.45, 2.75) is 19.0 Å². The van der Waals surface area contributed by atoms with E-state index in [4.69, 9.17) is 4.98 Å². The molecule has 4 aromatic carbocycles. The molecule has 0 unspecified atom stereocenters. The quantitative estimate of drug-likeness (QED) is 0.224. The summed E-state index contributed by atoms with van der Waals surface area (Å²) >= 11 is 1.30. The van der Waals surface area contributed by atoms with Gasteiger partial charge >= 0.3 is 0 Å². The number of carbonyl (C=O) groups excluding carboxylic acids is 3. The summed E-state index contributed by atoms with van der Waals surface area (Å²) < 4.78 is 0. The van der Waals surface area contributed by atoms with Gasteiger partial charge in [0.25, 0.3) is 0 Å². The summed E-state index contributed by atoms with van der Waals surface area (Å²) in [5.41, 5.74) is 7.95. The van der Waals surface area contributed by atoms with Crippen LogP contribution in [0.2, 0.25) is 0 Å². The number of aromatic amines is 1. The molecule has 5 aromatic rings. The summed E-state index contributed by atoms with van der Waals surface area (Å²) in [4.78, 5) is 47.0. The molecule has 0 bridgehead atoms. The van der Waals surface area contributed by atoms with Crippen molar-refractivity contribution in [2.24, 2.45) is 0 Å². The molecule has 2 N–H and O–H groups in total. The van der Waals surface area contributed by atoms with Gasteiger partial charge < -0.3 is 10.3 Å². The normalized spacial score (nSPS) is 12.2. The number of aryl methyl sites for hydroxylation is 2. The van der Waals surface area contributed by atoms with E-state index in [0.717, 1.165) is 22.5 Å². The Bertz CT molecular complexity index is 1720. The van der Waals surface area contributed by atoms with Gasteiger partial charge in [0.2, 0.25) is 5.91 Å². The molecule has 0 spiro atoms. The highest BCUT2D eigenvalue weighted by Crippen LogP contribution is 2.33. The highest BCUT2D eigenvalue weighted by atomic mass is 32.2. The second kappa shape index (κ2) is 10.4. The number of benzene rings is 4. The minimum Gasteiger partial charge on any atom is -0.332 e. The number of nitrogens with zero attached hydrogens (tertiary/aromatic N) is 1. The Balaban J connectivity index is 1.20. The first kappa shape index (κ1) is 25.5. The predicted molar refractivity (Wildman–Crippen MR) is 158 cm³/mol. The smallest absolute Gasteiger partial charge is 0.234 e. The molecule has 1 aromatic heterocycles. The van der Waals surface area contributed by atoms with Gasteiger partial charge in [0.1, 0.15) is 0 Å². The molecule has 0 saturated heterocycles. The van der Waals surface area contributed by atoms with Crippen molar-refractivity contribution in [1.29, 1.82) is 0 Å². The number of ketones is 2. The molecule has 1 aliphatic carbocycles. The molecule has 0 aliphatic heterocycles. The molecule has 0 radical (unpaired) electrons. The van der Waals surface area contributed by atoms with Crippen LogP contribution >= 0.6 is 11.8 Å². The van der Waals surface area contributed by atoms with Gasteiger partial charge in [0.15, 0.2) is 16.7 Å². The molecule has 0 saturated carbocycles. The Labute approximate surface area is 235 Å². The first-order valence-electron chi connectivity index (χ1n) is 12.9. The van der Waals surface area contributed by atoms with E-state index < -0.39 is 0 Å². The maximum atomic E-state index is 13.0. The van der Waals surface area contributed by atoms with Crippen LogP contribution in [0.15, 0.2) is 96.2 Å². The third-order valence-electron chi connectivity index (χ3n) is 6.90. The van der Waals surface area contributed by atoms with Gasteiger partial charge in [-0.05, 0) is 32.0 Å². The van der Waals surface area contributed by atoms with Crippen LogP contribution in [0.5, 0.6) is 0 Å². The molecular formula is C33H25N3O3S. The van der Waals surface area contributed by atoms with Crippen molar-refractivity contribution in [2.75, 3.05) is 11.1 Å². The van der Waals surface area contributed by atoms with Crippen LogP contribution in [0, 0.1) is 13.8 Å². The third-order valence-corrected chi connectivity index (χ3v) is 7.77. The average molecular weight is 544 g/mol. The number of aromatic nitrogens is 2. The Kier molecular flexibility index (Phi) is 6.66. The lowest BCUT2D eigenvalue weighted by Crippen LogP contribution is -2.21. The second-order valence-electron chi connectivity index (χ2n) is 9.80. The number of amides is 1. The van der Waals surface area contributed by atoms with Crippen LogP contribution in [0.3, 0.4) is 0 Å². The van der Waals surface area contributed by atoms with Crippen LogP contribution in [0.25, 0.3) is 22.5 Å². The van der Waals surface area contributed by atoms with Crippen molar-refractivity contribution >= 4 is 34.9 Å². The van der Waals surface area contributed by atoms with E-state index in [9.17, 15) is 14.4 Å². The molecule has 0 fully saturated rings. The molecule has 1 aliphatic rings. The lowest BCUT2D eigenvalue weighted by Gasteiger charge is -2.18. The van der Waals surface area contributed by atoms with Crippen LogP contribution in [0.4, 0.5) is 5.69 Å². The number of hydrogen-bond donors (Lipinski definition) is 2. The van der Waals surface area contributed by atoms with Crippen LogP contribution < -0.4 is 5.32 Å². The number of H-pyrrole nitrogens is 1. The standard InChI is InChI=1S/C33H25N3O3S/c1-19-7-11-21(12-8-19)29-30(22-13-9-20(2)10-14-22)36-33(35-29)40-18-28(37)34-23-15-16-26-27(17-23)32(39)25-6-4-3-5-24(25)31(26)38/h3-17H,18H2,1-2H3,(H,34,37)(H,35,36). The number of imidazole rings is 1. The minimum absolute atomic E-state index is 0.112. The number of carbonyl (C=O) groups is 3. The molecule has 1 heterocycles. The van der Waals surface area contributed by atoms with E-state index in [1.165, 1.54) is 22.9 Å². The number of thioether (sulfide) groups is 1. The number of hydrogen-bond acceptors (Lipinski definition) is 5. The molecule has 1 amide bonds. The van der Waals surface area contributed by atoms with E-state index in [0.29, 0.717) is 33.1 Å². The lowest BCUT2D eigenvalue weighted by molar-refractivity contribution is -0.113. The largest absolute Gasteiger partial charge is 0.332 e. The Morgan fingerprint density at radius 1 is 0.750 bits per heavy atom. The predicted octanol–water partition coefficient (Wildman–Crippen LogP) is 6.87. The first-order chi connectivity index (χ1) is 19.4. The zero-order valence-corrected chi connectivity index (χ0v) is 22.8. The minimum atomic E-state index is -0.245. The summed E-state index contributed by atoms with van der Waals surface area (Å²) in [7, 11) is 0. The summed E-state index contributed by atoms with van der Waals surface area (Å²) in [6.07, 6.45) is 0. The molecule has 6 nitrogen and oxygen atoms in total. The molecule has 7 heteroatoms. The van der Waals surface area contributed by atoms with Crippen LogP contribution in [0.1, 0.15) is 43.0 Å². The Hall–Kier alpha value is -4.75. The molecule has 6 rings (SSSR count). The fourth-order valence-electron chi connectivity index (χ4n) is 4.78. The number of fused-ring (bicyclic) bond motifs is 2.